The molecule has 24 heavy (non-hydrogen) atoms. The molecule has 0 fully saturated rings. The molecule has 2 aliphatic heterocycles. The van der Waals surface area contributed by atoms with E-state index in [0.29, 0.717) is 11.3 Å². The van der Waals surface area contributed by atoms with E-state index in [-0.39, 0.29) is 30.8 Å². The normalized spacial score (nSPS) is 20.2. The summed E-state index contributed by atoms with van der Waals surface area (Å²) in [5.41, 5.74) is 2.98. The fourth-order valence-electron chi connectivity index (χ4n) is 3.31. The quantitative estimate of drug-likeness (QED) is 0.741. The number of hydrogen-bond donors (Lipinski definition) is 0. The van der Waals surface area contributed by atoms with Crippen LogP contribution in [0.4, 0.5) is 5.69 Å². The third-order valence-corrected chi connectivity index (χ3v) is 4.93. The average molecular weight is 384 g/mol. The van der Waals surface area contributed by atoms with E-state index < -0.39 is 0 Å². The van der Waals surface area contributed by atoms with Crippen molar-refractivity contribution in [3.63, 3.8) is 0 Å². The summed E-state index contributed by atoms with van der Waals surface area (Å²) in [5, 5.41) is 0. The third kappa shape index (κ3) is 2.45. The van der Waals surface area contributed by atoms with Gasteiger partial charge in [-0.3, -0.25) is 9.69 Å². The van der Waals surface area contributed by atoms with Gasteiger partial charge in [0, 0.05) is 22.5 Å². The zero-order chi connectivity index (χ0) is 16.7. The van der Waals surface area contributed by atoms with Crippen molar-refractivity contribution in [1.29, 1.82) is 0 Å². The van der Waals surface area contributed by atoms with Gasteiger partial charge in [0.25, 0.3) is 0 Å². The van der Waals surface area contributed by atoms with Crippen molar-refractivity contribution in [2.24, 2.45) is 0 Å². The maximum atomic E-state index is 12.8. The predicted molar refractivity (Wildman–Crippen MR) is 93.4 cm³/mol. The molecule has 0 spiro atoms. The second-order valence-electron chi connectivity index (χ2n) is 5.81. The maximum Gasteiger partial charge on any atom is 0.336 e. The molecule has 0 radical (unpaired) electrons. The van der Waals surface area contributed by atoms with E-state index in [9.17, 15) is 9.59 Å². The summed E-state index contributed by atoms with van der Waals surface area (Å²) in [6.45, 7) is 0.141. The minimum atomic E-state index is -0.327. The average Bonchev–Trinajstić information content (AvgIpc) is 2.97. The largest absolute Gasteiger partial charge is 0.456 e. The molecule has 4 rings (SSSR count). The summed E-state index contributed by atoms with van der Waals surface area (Å²) in [7, 11) is 0. The molecule has 0 N–H and O–H groups in total. The number of ether oxygens (including phenoxy) is 1. The Kier molecular flexibility index (Phi) is 3.73. The van der Waals surface area contributed by atoms with Crippen molar-refractivity contribution in [3.8, 4) is 0 Å². The van der Waals surface area contributed by atoms with Crippen LogP contribution in [0.25, 0.3) is 0 Å². The molecule has 4 nitrogen and oxygen atoms in total. The topological polar surface area (TPSA) is 46.6 Å². The van der Waals surface area contributed by atoms with E-state index in [1.165, 1.54) is 0 Å². The van der Waals surface area contributed by atoms with Gasteiger partial charge >= 0.3 is 5.97 Å². The van der Waals surface area contributed by atoms with Crippen molar-refractivity contribution >= 4 is 33.5 Å². The SMILES string of the molecule is O=C1OCC2=C1C(c1ccc(Br)cc1)CC(=O)N2c1ccccc1. The van der Waals surface area contributed by atoms with Gasteiger partial charge in [0.2, 0.25) is 5.91 Å². The number of halogens is 1. The molecule has 0 aromatic heterocycles. The molecule has 2 aliphatic rings. The summed E-state index contributed by atoms with van der Waals surface area (Å²) in [5.74, 6) is -0.604. The number of nitrogens with zero attached hydrogens (tertiary/aromatic N) is 1. The van der Waals surface area contributed by atoms with Gasteiger partial charge in [0.05, 0.1) is 11.3 Å². The van der Waals surface area contributed by atoms with Crippen LogP contribution in [0.1, 0.15) is 17.9 Å². The number of esters is 1. The predicted octanol–water partition coefficient (Wildman–Crippen LogP) is 3.78. The first-order chi connectivity index (χ1) is 11.6. The lowest BCUT2D eigenvalue weighted by Crippen LogP contribution is -2.37. The molecule has 1 amide bonds. The number of hydrogen-bond acceptors (Lipinski definition) is 3. The third-order valence-electron chi connectivity index (χ3n) is 4.40. The fourth-order valence-corrected chi connectivity index (χ4v) is 3.57. The standard InChI is InChI=1S/C19H14BrNO3/c20-13-8-6-12(7-9-13)15-10-17(22)21(14-4-2-1-3-5-14)16-11-24-19(23)18(15)16/h1-9,15H,10-11H2. The summed E-state index contributed by atoms with van der Waals surface area (Å²) in [6.07, 6.45) is 0.254. The Morgan fingerprint density at radius 2 is 1.71 bits per heavy atom. The van der Waals surface area contributed by atoms with E-state index in [1.54, 1.807) is 4.90 Å². The van der Waals surface area contributed by atoms with Gasteiger partial charge in [-0.1, -0.05) is 46.3 Å². The van der Waals surface area contributed by atoms with Gasteiger partial charge in [-0.2, -0.15) is 0 Å². The van der Waals surface area contributed by atoms with E-state index in [2.05, 4.69) is 15.9 Å². The molecule has 0 saturated carbocycles. The highest BCUT2D eigenvalue weighted by molar-refractivity contribution is 9.10. The number of anilines is 1. The van der Waals surface area contributed by atoms with Crippen LogP contribution in [-0.4, -0.2) is 18.5 Å². The number of cyclic esters (lactones) is 1. The molecule has 2 heterocycles. The maximum absolute atomic E-state index is 12.8. The number of benzene rings is 2. The number of para-hydroxylation sites is 1. The van der Waals surface area contributed by atoms with Crippen molar-refractivity contribution in [1.82, 2.24) is 0 Å². The lowest BCUT2D eigenvalue weighted by Gasteiger charge is -2.31. The van der Waals surface area contributed by atoms with Gasteiger partial charge in [0.1, 0.15) is 6.61 Å². The summed E-state index contributed by atoms with van der Waals surface area (Å²) in [4.78, 5) is 26.7. The molecule has 120 valence electrons. The first-order valence-corrected chi connectivity index (χ1v) is 8.48. The van der Waals surface area contributed by atoms with Crippen LogP contribution >= 0.6 is 15.9 Å². The zero-order valence-corrected chi connectivity index (χ0v) is 14.3. The second-order valence-corrected chi connectivity index (χ2v) is 6.73. The Bertz CT molecular complexity index is 843. The van der Waals surface area contributed by atoms with E-state index in [1.807, 2.05) is 54.6 Å². The minimum Gasteiger partial charge on any atom is -0.456 e. The molecular weight excluding hydrogens is 370 g/mol. The molecule has 0 aliphatic carbocycles. The monoisotopic (exact) mass is 383 g/mol. The van der Waals surface area contributed by atoms with Crippen LogP contribution in [0.3, 0.4) is 0 Å². The lowest BCUT2D eigenvalue weighted by molar-refractivity contribution is -0.136. The molecule has 1 unspecified atom stereocenters. The Labute approximate surface area is 147 Å². The molecule has 2 aromatic rings. The van der Waals surface area contributed by atoms with Gasteiger partial charge in [-0.05, 0) is 29.8 Å². The number of carbonyl (C=O) groups is 2. The molecule has 2 aromatic carbocycles. The van der Waals surface area contributed by atoms with Gasteiger partial charge in [-0.15, -0.1) is 0 Å². The Morgan fingerprint density at radius 1 is 1.00 bits per heavy atom. The van der Waals surface area contributed by atoms with Gasteiger partial charge < -0.3 is 4.74 Å². The van der Waals surface area contributed by atoms with Crippen molar-refractivity contribution < 1.29 is 14.3 Å². The van der Waals surface area contributed by atoms with Gasteiger partial charge in [-0.25, -0.2) is 4.79 Å². The second kappa shape index (κ2) is 5.91. The number of rotatable bonds is 2. The number of amides is 1. The molecule has 0 saturated heterocycles. The highest BCUT2D eigenvalue weighted by Crippen LogP contribution is 2.41. The summed E-state index contributed by atoms with van der Waals surface area (Å²) < 4.78 is 6.22. The lowest BCUT2D eigenvalue weighted by atomic mass is 9.84. The smallest absolute Gasteiger partial charge is 0.336 e. The molecule has 0 bridgehead atoms. The Morgan fingerprint density at radius 3 is 2.42 bits per heavy atom. The van der Waals surface area contributed by atoms with Crippen LogP contribution in [0.15, 0.2) is 70.3 Å². The van der Waals surface area contributed by atoms with Crippen LogP contribution in [0, 0.1) is 0 Å². The summed E-state index contributed by atoms with van der Waals surface area (Å²) >= 11 is 3.41. The Hall–Kier alpha value is -2.40. The van der Waals surface area contributed by atoms with Crippen LogP contribution < -0.4 is 4.90 Å². The molecule has 5 heteroatoms. The highest BCUT2D eigenvalue weighted by atomic mass is 79.9. The minimum absolute atomic E-state index is 0.0221. The first-order valence-electron chi connectivity index (χ1n) is 7.69. The zero-order valence-electron chi connectivity index (χ0n) is 12.7. The molecule has 1 atom stereocenters. The first kappa shape index (κ1) is 15.1. The number of carbonyl (C=O) groups excluding carboxylic acids is 2. The van der Waals surface area contributed by atoms with Crippen LogP contribution in [0.2, 0.25) is 0 Å². The van der Waals surface area contributed by atoms with Crippen molar-refractivity contribution in [2.75, 3.05) is 11.5 Å². The molecular formula is C19H14BrNO3. The van der Waals surface area contributed by atoms with Crippen molar-refractivity contribution in [2.45, 2.75) is 12.3 Å². The summed E-state index contributed by atoms with van der Waals surface area (Å²) in [6, 6.07) is 17.1. The Balaban J connectivity index is 1.82. The van der Waals surface area contributed by atoms with E-state index >= 15 is 0 Å². The fraction of sp³-hybridized carbons (Fsp3) is 0.158. The van der Waals surface area contributed by atoms with Gasteiger partial charge in [0.15, 0.2) is 0 Å². The van der Waals surface area contributed by atoms with E-state index in [4.69, 9.17) is 4.74 Å². The highest BCUT2D eigenvalue weighted by Gasteiger charge is 2.42. The van der Waals surface area contributed by atoms with Crippen LogP contribution in [0.5, 0.6) is 0 Å². The van der Waals surface area contributed by atoms with Crippen molar-refractivity contribution in [3.05, 3.63) is 75.9 Å². The van der Waals surface area contributed by atoms with E-state index in [0.717, 1.165) is 15.7 Å². The van der Waals surface area contributed by atoms with Crippen LogP contribution in [-0.2, 0) is 14.3 Å².